The number of benzene rings is 1. The van der Waals surface area contributed by atoms with Crippen LogP contribution in [0.1, 0.15) is 45.8 Å². The van der Waals surface area contributed by atoms with Crippen molar-refractivity contribution in [3.8, 4) is 0 Å². The summed E-state index contributed by atoms with van der Waals surface area (Å²) in [7, 11) is 0. The minimum absolute atomic E-state index is 0.0170. The Morgan fingerprint density at radius 2 is 1.89 bits per heavy atom. The topological polar surface area (TPSA) is 110 Å². The zero-order valence-corrected chi connectivity index (χ0v) is 16.6. The second kappa shape index (κ2) is 7.49. The first-order chi connectivity index (χ1) is 13.5. The van der Waals surface area contributed by atoms with Crippen LogP contribution in [0.2, 0.25) is 0 Å². The van der Waals surface area contributed by atoms with Crippen LogP contribution >= 0.6 is 22.7 Å². The van der Waals surface area contributed by atoms with Gasteiger partial charge in [-0.05, 0) is 23.6 Å². The molecule has 2 amide bonds. The molecule has 8 nitrogen and oxygen atoms in total. The molecule has 0 saturated heterocycles. The SMILES string of the molecule is CC(C)c1nnc(NC(=O)c2ccsc2NC(=O)c2nc3ccccc3s2)o1. The van der Waals surface area contributed by atoms with Crippen LogP contribution in [0.15, 0.2) is 40.1 Å². The molecule has 3 aromatic heterocycles. The standard InChI is InChI=1S/C18H15N5O3S2/c1-9(2)15-22-23-18(26-15)21-13(24)10-7-8-27-16(10)20-14(25)17-19-11-5-3-4-6-12(11)28-17/h3-9H,1-2H3,(H,20,25)(H,21,23,24). The maximum absolute atomic E-state index is 12.6. The van der Waals surface area contributed by atoms with E-state index in [1.807, 2.05) is 38.1 Å². The van der Waals surface area contributed by atoms with E-state index in [9.17, 15) is 9.59 Å². The first-order valence-corrected chi connectivity index (χ1v) is 10.1. The Labute approximate surface area is 167 Å². The molecular formula is C18H15N5O3S2. The molecule has 0 aliphatic rings. The van der Waals surface area contributed by atoms with Gasteiger partial charge in [0.05, 0.1) is 15.8 Å². The lowest BCUT2D eigenvalue weighted by atomic mass is 10.2. The number of aromatic nitrogens is 3. The number of hydrogen-bond acceptors (Lipinski definition) is 8. The zero-order chi connectivity index (χ0) is 19.7. The molecule has 4 rings (SSSR count). The van der Waals surface area contributed by atoms with E-state index < -0.39 is 5.91 Å². The van der Waals surface area contributed by atoms with Gasteiger partial charge in [0.15, 0.2) is 5.01 Å². The van der Waals surface area contributed by atoms with Gasteiger partial charge in [-0.25, -0.2) is 4.98 Å². The molecule has 0 aliphatic heterocycles. The number of rotatable bonds is 5. The summed E-state index contributed by atoms with van der Waals surface area (Å²) in [6.45, 7) is 3.82. The molecule has 10 heteroatoms. The molecule has 4 aromatic rings. The van der Waals surface area contributed by atoms with Crippen LogP contribution < -0.4 is 10.6 Å². The molecule has 1 aromatic carbocycles. The fraction of sp³-hybridized carbons (Fsp3) is 0.167. The Morgan fingerprint density at radius 3 is 2.64 bits per heavy atom. The summed E-state index contributed by atoms with van der Waals surface area (Å²) in [5, 5.41) is 15.5. The highest BCUT2D eigenvalue weighted by atomic mass is 32.1. The molecule has 0 radical (unpaired) electrons. The number of hydrogen-bond donors (Lipinski definition) is 2. The highest BCUT2D eigenvalue weighted by Crippen LogP contribution is 2.27. The van der Waals surface area contributed by atoms with Crippen LogP contribution in [0, 0.1) is 0 Å². The molecule has 0 saturated carbocycles. The number of para-hydroxylation sites is 1. The second-order valence-electron chi connectivity index (χ2n) is 6.16. The number of fused-ring (bicyclic) bond motifs is 1. The van der Waals surface area contributed by atoms with Gasteiger partial charge < -0.3 is 9.73 Å². The van der Waals surface area contributed by atoms with Crippen molar-refractivity contribution in [2.24, 2.45) is 0 Å². The number of carbonyl (C=O) groups is 2. The molecule has 0 unspecified atom stereocenters. The van der Waals surface area contributed by atoms with Crippen molar-refractivity contribution in [2.75, 3.05) is 10.6 Å². The van der Waals surface area contributed by atoms with Gasteiger partial charge in [-0.1, -0.05) is 31.1 Å². The predicted molar refractivity (Wildman–Crippen MR) is 108 cm³/mol. The number of nitrogens with zero attached hydrogens (tertiary/aromatic N) is 3. The van der Waals surface area contributed by atoms with E-state index in [0.29, 0.717) is 21.5 Å². The monoisotopic (exact) mass is 413 g/mol. The first-order valence-electron chi connectivity index (χ1n) is 8.40. The molecule has 0 aliphatic carbocycles. The van der Waals surface area contributed by atoms with Gasteiger partial charge in [0.1, 0.15) is 5.00 Å². The molecule has 2 N–H and O–H groups in total. The van der Waals surface area contributed by atoms with Crippen molar-refractivity contribution in [1.82, 2.24) is 15.2 Å². The third-order valence-corrected chi connectivity index (χ3v) is 5.65. The third-order valence-electron chi connectivity index (χ3n) is 3.78. The van der Waals surface area contributed by atoms with Crippen LogP contribution in [-0.4, -0.2) is 27.0 Å². The average Bonchev–Trinajstić information content (AvgIpc) is 3.40. The van der Waals surface area contributed by atoms with Crippen LogP contribution in [0.4, 0.5) is 11.0 Å². The molecule has 142 valence electrons. The molecule has 0 fully saturated rings. The number of amides is 2. The highest BCUT2D eigenvalue weighted by molar-refractivity contribution is 7.20. The van der Waals surface area contributed by atoms with Crippen molar-refractivity contribution in [3.05, 3.63) is 52.2 Å². The van der Waals surface area contributed by atoms with Gasteiger partial charge in [-0.15, -0.1) is 27.8 Å². The van der Waals surface area contributed by atoms with Crippen LogP contribution in [0.25, 0.3) is 10.2 Å². The summed E-state index contributed by atoms with van der Waals surface area (Å²) in [5.74, 6) is -0.315. The second-order valence-corrected chi connectivity index (χ2v) is 8.11. The molecule has 3 heterocycles. The van der Waals surface area contributed by atoms with Crippen LogP contribution in [0.3, 0.4) is 0 Å². The van der Waals surface area contributed by atoms with Crippen molar-refractivity contribution < 1.29 is 14.0 Å². The highest BCUT2D eigenvalue weighted by Gasteiger charge is 2.20. The Bertz CT molecular complexity index is 1130. The smallest absolute Gasteiger partial charge is 0.322 e. The number of anilines is 2. The summed E-state index contributed by atoms with van der Waals surface area (Å²) in [4.78, 5) is 29.4. The van der Waals surface area contributed by atoms with Gasteiger partial charge in [-0.2, -0.15) is 0 Å². The number of carbonyl (C=O) groups excluding carboxylic acids is 2. The Balaban J connectivity index is 1.50. The number of thiophene rings is 1. The summed E-state index contributed by atoms with van der Waals surface area (Å²) in [5.41, 5.74) is 1.07. The van der Waals surface area contributed by atoms with Crippen LogP contribution in [-0.2, 0) is 0 Å². The van der Waals surface area contributed by atoms with E-state index in [1.54, 1.807) is 11.4 Å². The van der Waals surface area contributed by atoms with E-state index >= 15 is 0 Å². The summed E-state index contributed by atoms with van der Waals surface area (Å²) >= 11 is 2.54. The maximum atomic E-state index is 12.6. The Morgan fingerprint density at radius 1 is 1.07 bits per heavy atom. The maximum Gasteiger partial charge on any atom is 0.322 e. The summed E-state index contributed by atoms with van der Waals surface area (Å²) < 4.78 is 6.32. The van der Waals surface area contributed by atoms with Crippen molar-refractivity contribution >= 4 is 55.7 Å². The van der Waals surface area contributed by atoms with E-state index in [1.165, 1.54) is 22.7 Å². The first kappa shape index (κ1) is 18.3. The lowest BCUT2D eigenvalue weighted by Gasteiger charge is -2.04. The Hall–Kier alpha value is -3.11. The fourth-order valence-corrected chi connectivity index (χ4v) is 4.03. The molecule has 0 bridgehead atoms. The van der Waals surface area contributed by atoms with Gasteiger partial charge in [-0.3, -0.25) is 14.9 Å². The van der Waals surface area contributed by atoms with E-state index in [-0.39, 0.29) is 17.8 Å². The number of nitrogens with one attached hydrogen (secondary N) is 2. The quantitative estimate of drug-likeness (QED) is 0.503. The molecule has 0 spiro atoms. The fourth-order valence-electron chi connectivity index (χ4n) is 2.39. The van der Waals surface area contributed by atoms with E-state index in [0.717, 1.165) is 10.2 Å². The van der Waals surface area contributed by atoms with Crippen molar-refractivity contribution in [2.45, 2.75) is 19.8 Å². The number of thiazole rings is 1. The van der Waals surface area contributed by atoms with Gasteiger partial charge in [0.25, 0.3) is 11.8 Å². The minimum atomic E-state index is -0.445. The molecule has 28 heavy (non-hydrogen) atoms. The lowest BCUT2D eigenvalue weighted by molar-refractivity contribution is 0.102. The largest absolute Gasteiger partial charge is 0.408 e. The minimum Gasteiger partial charge on any atom is -0.408 e. The van der Waals surface area contributed by atoms with E-state index in [2.05, 4.69) is 25.8 Å². The van der Waals surface area contributed by atoms with Crippen molar-refractivity contribution in [1.29, 1.82) is 0 Å². The summed E-state index contributed by atoms with van der Waals surface area (Å²) in [6, 6.07) is 9.16. The van der Waals surface area contributed by atoms with Gasteiger partial charge in [0.2, 0.25) is 5.89 Å². The molecular weight excluding hydrogens is 398 g/mol. The predicted octanol–water partition coefficient (Wildman–Crippen LogP) is 4.37. The van der Waals surface area contributed by atoms with Gasteiger partial charge >= 0.3 is 6.01 Å². The summed E-state index contributed by atoms with van der Waals surface area (Å²) in [6.07, 6.45) is 0. The Kier molecular flexibility index (Phi) is 4.88. The van der Waals surface area contributed by atoms with Crippen molar-refractivity contribution in [3.63, 3.8) is 0 Å². The normalized spacial score (nSPS) is 11.1. The molecule has 0 atom stereocenters. The average molecular weight is 413 g/mol. The van der Waals surface area contributed by atoms with Crippen LogP contribution in [0.5, 0.6) is 0 Å². The third kappa shape index (κ3) is 3.64. The zero-order valence-electron chi connectivity index (χ0n) is 14.9. The lowest BCUT2D eigenvalue weighted by Crippen LogP contribution is -2.16. The van der Waals surface area contributed by atoms with Gasteiger partial charge in [0, 0.05) is 5.92 Å². The van der Waals surface area contributed by atoms with E-state index in [4.69, 9.17) is 4.42 Å².